The van der Waals surface area contributed by atoms with Crippen molar-refractivity contribution in [2.75, 3.05) is 36.4 Å². The van der Waals surface area contributed by atoms with E-state index in [4.69, 9.17) is 0 Å². The van der Waals surface area contributed by atoms with Gasteiger partial charge in [0.25, 0.3) is 5.91 Å². The Balaban J connectivity index is 1.37. The molecule has 0 saturated carbocycles. The van der Waals surface area contributed by atoms with Gasteiger partial charge in [0.1, 0.15) is 11.5 Å². The third kappa shape index (κ3) is 3.90. The SMILES string of the molecule is O=C(c1ccc(Nc2ccccc2F)cn1)N1CCN(c2ncccn2)CC1. The van der Waals surface area contributed by atoms with Crippen molar-refractivity contribution in [3.8, 4) is 0 Å². The smallest absolute Gasteiger partial charge is 0.272 e. The van der Waals surface area contributed by atoms with Crippen molar-refractivity contribution in [1.29, 1.82) is 0 Å². The summed E-state index contributed by atoms with van der Waals surface area (Å²) in [6, 6.07) is 11.6. The van der Waals surface area contributed by atoms with Gasteiger partial charge in [-0.1, -0.05) is 12.1 Å². The molecule has 1 aliphatic heterocycles. The van der Waals surface area contributed by atoms with E-state index in [0.717, 1.165) is 0 Å². The summed E-state index contributed by atoms with van der Waals surface area (Å²) in [4.78, 5) is 29.3. The summed E-state index contributed by atoms with van der Waals surface area (Å²) in [5.74, 6) is 0.213. The minimum Gasteiger partial charge on any atom is -0.352 e. The van der Waals surface area contributed by atoms with Crippen molar-refractivity contribution in [2.45, 2.75) is 0 Å². The predicted octanol–water partition coefficient (Wildman–Crippen LogP) is 2.72. The number of carbonyl (C=O) groups is 1. The summed E-state index contributed by atoms with van der Waals surface area (Å²) in [6.45, 7) is 2.49. The van der Waals surface area contributed by atoms with Crippen LogP contribution in [0.3, 0.4) is 0 Å². The number of piperazine rings is 1. The number of hydrogen-bond acceptors (Lipinski definition) is 6. The molecule has 1 saturated heterocycles. The molecule has 7 nitrogen and oxygen atoms in total. The zero-order valence-corrected chi connectivity index (χ0v) is 15.1. The molecule has 1 aliphatic rings. The standard InChI is InChI=1S/C20H19FN6O/c21-16-4-1-2-5-17(16)25-15-6-7-18(24-14-15)19(28)26-10-12-27(13-11-26)20-22-8-3-9-23-20/h1-9,14,25H,10-13H2. The first-order chi connectivity index (χ1) is 13.7. The molecule has 0 bridgehead atoms. The number of rotatable bonds is 4. The first-order valence-electron chi connectivity index (χ1n) is 8.99. The Morgan fingerprint density at radius 3 is 2.36 bits per heavy atom. The number of halogens is 1. The van der Waals surface area contributed by atoms with E-state index in [1.165, 1.54) is 12.3 Å². The highest BCUT2D eigenvalue weighted by Crippen LogP contribution is 2.19. The van der Waals surface area contributed by atoms with E-state index in [1.807, 2.05) is 0 Å². The van der Waals surface area contributed by atoms with Gasteiger partial charge in [-0.15, -0.1) is 0 Å². The van der Waals surface area contributed by atoms with E-state index in [-0.39, 0.29) is 11.7 Å². The molecule has 1 N–H and O–H groups in total. The molecular weight excluding hydrogens is 359 g/mol. The van der Waals surface area contributed by atoms with Crippen LogP contribution in [0.2, 0.25) is 0 Å². The van der Waals surface area contributed by atoms with E-state index < -0.39 is 0 Å². The quantitative estimate of drug-likeness (QED) is 0.753. The summed E-state index contributed by atoms with van der Waals surface area (Å²) in [6.07, 6.45) is 4.95. The molecule has 3 heterocycles. The van der Waals surface area contributed by atoms with Gasteiger partial charge in [-0.05, 0) is 30.3 Å². The summed E-state index contributed by atoms with van der Waals surface area (Å²) >= 11 is 0. The van der Waals surface area contributed by atoms with Gasteiger partial charge < -0.3 is 15.1 Å². The summed E-state index contributed by atoms with van der Waals surface area (Å²) in [5.41, 5.74) is 1.35. The number of anilines is 3. The van der Waals surface area contributed by atoms with Gasteiger partial charge in [0, 0.05) is 38.6 Å². The molecule has 0 atom stereocenters. The number of para-hydroxylation sites is 1. The van der Waals surface area contributed by atoms with E-state index in [1.54, 1.807) is 53.7 Å². The molecule has 1 aromatic carbocycles. The second kappa shape index (κ2) is 7.99. The topological polar surface area (TPSA) is 74.2 Å². The number of nitrogens with one attached hydrogen (secondary N) is 1. The molecule has 0 spiro atoms. The average molecular weight is 378 g/mol. The maximum absolute atomic E-state index is 13.7. The maximum Gasteiger partial charge on any atom is 0.272 e. The Morgan fingerprint density at radius 1 is 0.929 bits per heavy atom. The third-order valence-corrected chi connectivity index (χ3v) is 4.54. The van der Waals surface area contributed by atoms with E-state index in [9.17, 15) is 9.18 Å². The van der Waals surface area contributed by atoms with Crippen molar-refractivity contribution in [1.82, 2.24) is 19.9 Å². The fourth-order valence-electron chi connectivity index (χ4n) is 3.04. The van der Waals surface area contributed by atoms with Crippen LogP contribution in [-0.4, -0.2) is 51.9 Å². The molecule has 0 aliphatic carbocycles. The van der Waals surface area contributed by atoms with Crippen LogP contribution in [0.25, 0.3) is 0 Å². The predicted molar refractivity (Wildman–Crippen MR) is 104 cm³/mol. The van der Waals surface area contributed by atoms with Gasteiger partial charge in [-0.3, -0.25) is 4.79 Å². The second-order valence-corrected chi connectivity index (χ2v) is 6.37. The number of benzene rings is 1. The number of carbonyl (C=O) groups excluding carboxylic acids is 1. The number of amides is 1. The lowest BCUT2D eigenvalue weighted by molar-refractivity contribution is 0.0740. The van der Waals surface area contributed by atoms with Gasteiger partial charge in [-0.2, -0.15) is 0 Å². The first-order valence-corrected chi connectivity index (χ1v) is 8.99. The Bertz CT molecular complexity index is 942. The highest BCUT2D eigenvalue weighted by molar-refractivity contribution is 5.92. The van der Waals surface area contributed by atoms with Gasteiger partial charge in [0.05, 0.1) is 17.6 Å². The minimum absolute atomic E-state index is 0.119. The lowest BCUT2D eigenvalue weighted by atomic mass is 10.2. The molecule has 2 aromatic heterocycles. The molecule has 4 rings (SSSR count). The van der Waals surface area contributed by atoms with Crippen LogP contribution in [0.4, 0.5) is 21.7 Å². The molecule has 28 heavy (non-hydrogen) atoms. The van der Waals surface area contributed by atoms with Crippen LogP contribution in [-0.2, 0) is 0 Å². The van der Waals surface area contributed by atoms with Gasteiger partial charge in [-0.25, -0.2) is 19.3 Å². The van der Waals surface area contributed by atoms with Gasteiger partial charge >= 0.3 is 0 Å². The molecule has 0 unspecified atom stereocenters. The lowest BCUT2D eigenvalue weighted by Gasteiger charge is -2.34. The van der Waals surface area contributed by atoms with Gasteiger partial charge in [0.15, 0.2) is 0 Å². The van der Waals surface area contributed by atoms with E-state index >= 15 is 0 Å². The maximum atomic E-state index is 13.7. The molecule has 142 valence electrons. The van der Waals surface area contributed by atoms with Crippen LogP contribution < -0.4 is 10.2 Å². The van der Waals surface area contributed by atoms with Crippen molar-refractivity contribution in [2.24, 2.45) is 0 Å². The minimum atomic E-state index is -0.345. The van der Waals surface area contributed by atoms with Crippen LogP contribution in [0, 0.1) is 5.82 Å². The average Bonchev–Trinajstić information content (AvgIpc) is 2.76. The van der Waals surface area contributed by atoms with E-state index in [0.29, 0.717) is 49.2 Å². The fourth-order valence-corrected chi connectivity index (χ4v) is 3.04. The molecular formula is C20H19FN6O. The summed E-state index contributed by atoms with van der Waals surface area (Å²) in [5, 5.41) is 2.96. The van der Waals surface area contributed by atoms with Crippen molar-refractivity contribution in [3.63, 3.8) is 0 Å². The lowest BCUT2D eigenvalue weighted by Crippen LogP contribution is -2.49. The normalized spacial score (nSPS) is 14.0. The highest BCUT2D eigenvalue weighted by atomic mass is 19.1. The van der Waals surface area contributed by atoms with Crippen molar-refractivity contribution >= 4 is 23.2 Å². The van der Waals surface area contributed by atoms with E-state index in [2.05, 4.69) is 25.2 Å². The Labute approximate surface area is 161 Å². The van der Waals surface area contributed by atoms with Crippen LogP contribution in [0.5, 0.6) is 0 Å². The van der Waals surface area contributed by atoms with Crippen LogP contribution >= 0.6 is 0 Å². The Kier molecular flexibility index (Phi) is 5.09. The molecule has 3 aromatic rings. The number of hydrogen-bond donors (Lipinski definition) is 1. The molecule has 8 heteroatoms. The fraction of sp³-hybridized carbons (Fsp3) is 0.200. The molecule has 1 amide bonds. The third-order valence-electron chi connectivity index (χ3n) is 4.54. The number of nitrogens with zero attached hydrogens (tertiary/aromatic N) is 5. The molecule has 0 radical (unpaired) electrons. The zero-order valence-electron chi connectivity index (χ0n) is 15.1. The second-order valence-electron chi connectivity index (χ2n) is 6.37. The van der Waals surface area contributed by atoms with Crippen molar-refractivity contribution in [3.05, 3.63) is 72.6 Å². The Hall–Kier alpha value is -3.55. The summed E-state index contributed by atoms with van der Waals surface area (Å²) < 4.78 is 13.7. The van der Waals surface area contributed by atoms with Crippen molar-refractivity contribution < 1.29 is 9.18 Å². The van der Waals surface area contributed by atoms with Gasteiger partial charge in [0.2, 0.25) is 5.95 Å². The number of pyridine rings is 1. The van der Waals surface area contributed by atoms with Crippen LogP contribution in [0.1, 0.15) is 10.5 Å². The van der Waals surface area contributed by atoms with Crippen LogP contribution in [0.15, 0.2) is 61.1 Å². The summed E-state index contributed by atoms with van der Waals surface area (Å²) in [7, 11) is 0. The Morgan fingerprint density at radius 2 is 1.68 bits per heavy atom. The largest absolute Gasteiger partial charge is 0.352 e. The highest BCUT2D eigenvalue weighted by Gasteiger charge is 2.24. The first kappa shape index (κ1) is 17.8. The molecule has 1 fully saturated rings. The number of aromatic nitrogens is 3. The zero-order chi connectivity index (χ0) is 19.3. The monoisotopic (exact) mass is 378 g/mol.